The van der Waals surface area contributed by atoms with Crippen molar-refractivity contribution in [3.63, 3.8) is 0 Å². The summed E-state index contributed by atoms with van der Waals surface area (Å²) in [5, 5.41) is 3.98. The average molecular weight is 253 g/mol. The molecule has 3 aliphatic carbocycles. The fourth-order valence-electron chi connectivity index (χ4n) is 3.29. The first kappa shape index (κ1) is 10.1. The van der Waals surface area contributed by atoms with Crippen molar-refractivity contribution in [3.8, 4) is 17.1 Å². The third-order valence-corrected chi connectivity index (χ3v) is 4.66. The summed E-state index contributed by atoms with van der Waals surface area (Å²) >= 11 is 0. The van der Waals surface area contributed by atoms with E-state index >= 15 is 0 Å². The van der Waals surface area contributed by atoms with E-state index in [4.69, 9.17) is 9.26 Å². The first-order chi connectivity index (χ1) is 9.34. The number of ether oxygens (including phenoxy) is 1. The maximum absolute atomic E-state index is 5.91. The fraction of sp³-hybridized carbons (Fsp3) is 0.438. The number of benzene rings is 1. The van der Waals surface area contributed by atoms with E-state index in [1.807, 2.05) is 6.20 Å². The van der Waals surface area contributed by atoms with Crippen LogP contribution in [-0.2, 0) is 11.8 Å². The lowest BCUT2D eigenvalue weighted by atomic mass is 9.80. The summed E-state index contributed by atoms with van der Waals surface area (Å²) in [7, 11) is 0. The molecule has 1 aromatic heterocycles. The molecule has 2 aromatic rings. The number of hydrogen-bond donors (Lipinski definition) is 0. The molecule has 3 nitrogen and oxygen atoms in total. The average Bonchev–Trinajstić information content (AvgIpc) is 3.31. The van der Waals surface area contributed by atoms with Crippen LogP contribution in [0.5, 0.6) is 5.75 Å². The summed E-state index contributed by atoms with van der Waals surface area (Å²) < 4.78 is 11.4. The minimum Gasteiger partial charge on any atom is -0.490 e. The molecule has 3 heteroatoms. The van der Waals surface area contributed by atoms with Crippen molar-refractivity contribution in [2.24, 2.45) is 0 Å². The van der Waals surface area contributed by atoms with Crippen molar-refractivity contribution < 1.29 is 9.26 Å². The fourth-order valence-corrected chi connectivity index (χ4v) is 3.29. The van der Waals surface area contributed by atoms with Crippen LogP contribution in [-0.4, -0.2) is 11.3 Å². The zero-order valence-electron chi connectivity index (χ0n) is 10.7. The topological polar surface area (TPSA) is 35.3 Å². The molecule has 1 heterocycles. The van der Waals surface area contributed by atoms with Crippen LogP contribution in [0.4, 0.5) is 0 Å². The molecule has 96 valence electrons. The van der Waals surface area contributed by atoms with E-state index < -0.39 is 0 Å². The van der Waals surface area contributed by atoms with Crippen LogP contribution in [0.2, 0.25) is 0 Å². The van der Waals surface area contributed by atoms with Gasteiger partial charge < -0.3 is 9.26 Å². The number of fused-ring (bicyclic) bond motifs is 4. The van der Waals surface area contributed by atoms with Gasteiger partial charge in [0.15, 0.2) is 5.76 Å². The molecule has 2 saturated carbocycles. The van der Waals surface area contributed by atoms with Crippen LogP contribution < -0.4 is 4.74 Å². The molecule has 0 radical (unpaired) electrons. The van der Waals surface area contributed by atoms with Crippen LogP contribution in [0.3, 0.4) is 0 Å². The third-order valence-electron chi connectivity index (χ3n) is 4.66. The normalized spacial score (nSPS) is 21.9. The SMILES string of the molecule is c1cc2c(cc1OC1CC1)-c1oncc1CC21CC1. The molecule has 1 spiro atoms. The Balaban J connectivity index is 1.67. The van der Waals surface area contributed by atoms with Crippen LogP contribution in [0.25, 0.3) is 11.3 Å². The van der Waals surface area contributed by atoms with Crippen molar-refractivity contribution >= 4 is 0 Å². The van der Waals surface area contributed by atoms with Crippen molar-refractivity contribution in [1.29, 1.82) is 0 Å². The summed E-state index contributed by atoms with van der Waals surface area (Å²) in [6.07, 6.45) is 8.35. The Hall–Kier alpha value is -1.77. The van der Waals surface area contributed by atoms with Crippen LogP contribution >= 0.6 is 0 Å². The highest BCUT2D eigenvalue weighted by Crippen LogP contribution is 2.57. The van der Waals surface area contributed by atoms with Crippen molar-refractivity contribution in [3.05, 3.63) is 35.5 Å². The first-order valence-electron chi connectivity index (χ1n) is 7.09. The number of aromatic nitrogens is 1. The van der Waals surface area contributed by atoms with Gasteiger partial charge in [0.1, 0.15) is 5.75 Å². The molecule has 0 amide bonds. The van der Waals surface area contributed by atoms with Crippen molar-refractivity contribution in [1.82, 2.24) is 5.16 Å². The smallest absolute Gasteiger partial charge is 0.170 e. The molecule has 2 fully saturated rings. The summed E-state index contributed by atoms with van der Waals surface area (Å²) in [6, 6.07) is 6.51. The Morgan fingerprint density at radius 1 is 1.26 bits per heavy atom. The van der Waals surface area contributed by atoms with Gasteiger partial charge in [0.05, 0.1) is 12.3 Å². The van der Waals surface area contributed by atoms with E-state index in [0.717, 1.165) is 17.9 Å². The van der Waals surface area contributed by atoms with Gasteiger partial charge in [0.25, 0.3) is 0 Å². The van der Waals surface area contributed by atoms with Gasteiger partial charge in [-0.3, -0.25) is 0 Å². The second-order valence-electron chi connectivity index (χ2n) is 6.16. The lowest BCUT2D eigenvalue weighted by Gasteiger charge is -2.24. The van der Waals surface area contributed by atoms with E-state index in [0.29, 0.717) is 11.5 Å². The van der Waals surface area contributed by atoms with Gasteiger partial charge in [-0.05, 0) is 49.8 Å². The molecule has 0 saturated heterocycles. The Morgan fingerprint density at radius 2 is 2.16 bits per heavy atom. The first-order valence-corrected chi connectivity index (χ1v) is 7.09. The molecule has 0 atom stereocenters. The Morgan fingerprint density at radius 3 is 2.95 bits per heavy atom. The maximum atomic E-state index is 5.91. The number of nitrogens with zero attached hydrogens (tertiary/aromatic N) is 1. The predicted octanol–water partition coefficient (Wildman–Crippen LogP) is 3.47. The summed E-state index contributed by atoms with van der Waals surface area (Å²) in [5.41, 5.74) is 4.26. The molecular weight excluding hydrogens is 238 g/mol. The highest BCUT2D eigenvalue weighted by molar-refractivity contribution is 5.73. The predicted molar refractivity (Wildman–Crippen MR) is 70.2 cm³/mol. The molecule has 3 aliphatic rings. The Bertz CT molecular complexity index is 665. The van der Waals surface area contributed by atoms with Crippen molar-refractivity contribution in [2.75, 3.05) is 0 Å². The maximum Gasteiger partial charge on any atom is 0.170 e. The highest BCUT2D eigenvalue weighted by atomic mass is 16.5. The summed E-state index contributed by atoms with van der Waals surface area (Å²) in [5.74, 6) is 1.93. The van der Waals surface area contributed by atoms with Crippen LogP contribution in [0.15, 0.2) is 28.9 Å². The van der Waals surface area contributed by atoms with E-state index in [1.54, 1.807) is 0 Å². The minimum absolute atomic E-state index is 0.367. The second kappa shape index (κ2) is 3.21. The molecule has 1 aromatic carbocycles. The van der Waals surface area contributed by atoms with Gasteiger partial charge in [-0.1, -0.05) is 11.2 Å². The molecular formula is C16H15NO2. The highest BCUT2D eigenvalue weighted by Gasteiger charge is 2.49. The molecule has 19 heavy (non-hydrogen) atoms. The van der Waals surface area contributed by atoms with E-state index in [9.17, 15) is 0 Å². The monoisotopic (exact) mass is 253 g/mol. The second-order valence-corrected chi connectivity index (χ2v) is 6.16. The van der Waals surface area contributed by atoms with Gasteiger partial charge in [0.2, 0.25) is 0 Å². The van der Waals surface area contributed by atoms with Gasteiger partial charge in [-0.15, -0.1) is 0 Å². The minimum atomic E-state index is 0.367. The van der Waals surface area contributed by atoms with Gasteiger partial charge in [0, 0.05) is 16.5 Å². The van der Waals surface area contributed by atoms with E-state index in [2.05, 4.69) is 23.4 Å². The third kappa shape index (κ3) is 1.41. The van der Waals surface area contributed by atoms with E-state index in [-0.39, 0.29) is 0 Å². The zero-order chi connectivity index (χ0) is 12.4. The molecule has 0 N–H and O–H groups in total. The van der Waals surface area contributed by atoms with Crippen LogP contribution in [0.1, 0.15) is 36.8 Å². The molecule has 0 aliphatic heterocycles. The molecule has 0 unspecified atom stereocenters. The summed E-state index contributed by atoms with van der Waals surface area (Å²) in [4.78, 5) is 0. The lowest BCUT2D eigenvalue weighted by molar-refractivity contribution is 0.303. The molecule has 5 rings (SSSR count). The Kier molecular flexibility index (Phi) is 1.70. The lowest BCUT2D eigenvalue weighted by Crippen LogP contribution is -2.16. The zero-order valence-corrected chi connectivity index (χ0v) is 10.7. The van der Waals surface area contributed by atoms with E-state index in [1.165, 1.54) is 42.4 Å². The largest absolute Gasteiger partial charge is 0.490 e. The number of rotatable bonds is 2. The number of hydrogen-bond acceptors (Lipinski definition) is 3. The van der Waals surface area contributed by atoms with Gasteiger partial charge in [-0.2, -0.15) is 0 Å². The quantitative estimate of drug-likeness (QED) is 0.822. The summed E-state index contributed by atoms with van der Waals surface area (Å²) in [6.45, 7) is 0. The molecule has 0 bridgehead atoms. The Labute approximate surface area is 111 Å². The van der Waals surface area contributed by atoms with Crippen molar-refractivity contribution in [2.45, 2.75) is 43.6 Å². The van der Waals surface area contributed by atoms with Gasteiger partial charge in [-0.25, -0.2) is 0 Å². The van der Waals surface area contributed by atoms with Gasteiger partial charge >= 0.3 is 0 Å². The standard InChI is InChI=1S/C16H15NO2/c1-2-11(1)18-12-3-4-14-13(7-12)15-10(9-17-19-15)8-16(14)5-6-16/h3-4,7,9,11H,1-2,5-6,8H2. The van der Waals surface area contributed by atoms with Crippen LogP contribution in [0, 0.1) is 0 Å².